The van der Waals surface area contributed by atoms with Crippen LogP contribution in [0.2, 0.25) is 0 Å². The summed E-state index contributed by atoms with van der Waals surface area (Å²) in [5.74, 6) is -0.709. The molecule has 2 aliphatic heterocycles. The van der Waals surface area contributed by atoms with Crippen molar-refractivity contribution in [3.63, 3.8) is 0 Å². The number of nitrogens with zero attached hydrogens (tertiary/aromatic N) is 1. The number of aromatic nitrogens is 1. The van der Waals surface area contributed by atoms with E-state index in [4.69, 9.17) is 0 Å². The lowest BCUT2D eigenvalue weighted by Gasteiger charge is -2.37. The number of para-hydroxylation sites is 1. The molecule has 4 atom stereocenters. The van der Waals surface area contributed by atoms with E-state index in [0.29, 0.717) is 18.4 Å². The monoisotopic (exact) mass is 520 g/mol. The van der Waals surface area contributed by atoms with E-state index in [-0.39, 0.29) is 29.8 Å². The van der Waals surface area contributed by atoms with Crippen LogP contribution in [-0.2, 0) is 22.4 Å². The molecule has 7 heteroatoms. The van der Waals surface area contributed by atoms with Crippen LogP contribution in [-0.4, -0.2) is 45.7 Å². The van der Waals surface area contributed by atoms with E-state index in [1.807, 2.05) is 86.6 Å². The van der Waals surface area contributed by atoms with Crippen molar-refractivity contribution in [1.82, 2.24) is 20.5 Å². The number of carbonyl (C=O) groups excluding carboxylic acids is 3. The van der Waals surface area contributed by atoms with E-state index in [1.165, 1.54) is 0 Å². The first-order valence-electron chi connectivity index (χ1n) is 13.6. The third-order valence-corrected chi connectivity index (χ3v) is 8.07. The number of aromatic amines is 1. The van der Waals surface area contributed by atoms with Gasteiger partial charge in [0, 0.05) is 41.0 Å². The quantitative estimate of drug-likeness (QED) is 0.340. The van der Waals surface area contributed by atoms with Crippen LogP contribution in [0.4, 0.5) is 0 Å². The van der Waals surface area contributed by atoms with E-state index in [2.05, 4.69) is 21.7 Å². The zero-order chi connectivity index (χ0) is 27.1. The lowest BCUT2D eigenvalue weighted by Crippen LogP contribution is -2.57. The van der Waals surface area contributed by atoms with Crippen molar-refractivity contribution in [1.29, 1.82) is 0 Å². The van der Waals surface area contributed by atoms with Crippen molar-refractivity contribution >= 4 is 28.6 Å². The Bertz CT molecular complexity index is 1560. The molecule has 7 nitrogen and oxygen atoms in total. The number of H-pyrrole nitrogens is 1. The zero-order valence-corrected chi connectivity index (χ0v) is 22.1. The van der Waals surface area contributed by atoms with Crippen molar-refractivity contribution in [3.05, 3.63) is 107 Å². The summed E-state index contributed by atoms with van der Waals surface area (Å²) in [7, 11) is 0. The van der Waals surface area contributed by atoms with Crippen LogP contribution >= 0.6 is 0 Å². The van der Waals surface area contributed by atoms with Crippen LogP contribution in [0.25, 0.3) is 10.9 Å². The van der Waals surface area contributed by atoms with E-state index in [0.717, 1.165) is 39.7 Å². The topological polar surface area (TPSA) is 94.3 Å². The summed E-state index contributed by atoms with van der Waals surface area (Å²) < 4.78 is 0. The van der Waals surface area contributed by atoms with Crippen molar-refractivity contribution in [2.75, 3.05) is 0 Å². The fraction of sp³-hybridized carbons (Fsp3) is 0.281. The largest absolute Gasteiger partial charge is 0.356 e. The van der Waals surface area contributed by atoms with Crippen LogP contribution in [0.15, 0.2) is 78.9 Å². The van der Waals surface area contributed by atoms with Gasteiger partial charge in [0.05, 0.1) is 6.04 Å². The Morgan fingerprint density at radius 2 is 1.69 bits per heavy atom. The summed E-state index contributed by atoms with van der Waals surface area (Å²) in [4.78, 5) is 46.4. The second-order valence-corrected chi connectivity index (χ2v) is 10.6. The summed E-state index contributed by atoms with van der Waals surface area (Å²) in [6.07, 6.45) is 1.51. The SMILES string of the molecule is CCC(C)NC(=O)C(Cc1ccccc1)NC(=O)C1Cc2c([nH]c3ccccc23)C2c3ccccc3C(=O)N12. The average Bonchev–Trinajstić information content (AvgIpc) is 3.48. The van der Waals surface area contributed by atoms with Gasteiger partial charge in [-0.15, -0.1) is 0 Å². The predicted molar refractivity (Wildman–Crippen MR) is 150 cm³/mol. The van der Waals surface area contributed by atoms with Gasteiger partial charge in [-0.05, 0) is 42.2 Å². The van der Waals surface area contributed by atoms with Gasteiger partial charge >= 0.3 is 0 Å². The molecular weight excluding hydrogens is 488 g/mol. The summed E-state index contributed by atoms with van der Waals surface area (Å²) in [5, 5.41) is 7.12. The van der Waals surface area contributed by atoms with Gasteiger partial charge < -0.3 is 20.5 Å². The minimum atomic E-state index is -0.767. The second kappa shape index (κ2) is 10.1. The number of hydrogen-bond acceptors (Lipinski definition) is 3. The summed E-state index contributed by atoms with van der Waals surface area (Å²) in [5.41, 5.74) is 5.43. The molecule has 0 saturated heterocycles. The van der Waals surface area contributed by atoms with E-state index < -0.39 is 12.1 Å². The smallest absolute Gasteiger partial charge is 0.255 e. The minimum Gasteiger partial charge on any atom is -0.356 e. The number of rotatable bonds is 7. The molecule has 1 aromatic heterocycles. The highest BCUT2D eigenvalue weighted by Gasteiger charge is 2.49. The van der Waals surface area contributed by atoms with Crippen LogP contribution < -0.4 is 10.6 Å². The van der Waals surface area contributed by atoms with Crippen LogP contribution in [0, 0.1) is 0 Å². The summed E-state index contributed by atoms with van der Waals surface area (Å²) in [6.45, 7) is 3.96. The number of fused-ring (bicyclic) bond motifs is 7. The number of hydrogen-bond donors (Lipinski definition) is 3. The molecule has 0 saturated carbocycles. The minimum absolute atomic E-state index is 0.0184. The van der Waals surface area contributed by atoms with Crippen LogP contribution in [0.3, 0.4) is 0 Å². The van der Waals surface area contributed by atoms with Gasteiger partial charge in [-0.25, -0.2) is 0 Å². The Morgan fingerprint density at radius 3 is 2.49 bits per heavy atom. The fourth-order valence-electron chi connectivity index (χ4n) is 5.91. The highest BCUT2D eigenvalue weighted by atomic mass is 16.2. The molecular formula is C32H32N4O3. The van der Waals surface area contributed by atoms with Crippen molar-refractivity contribution in [3.8, 4) is 0 Å². The van der Waals surface area contributed by atoms with Crippen molar-refractivity contribution < 1.29 is 14.4 Å². The molecule has 0 bridgehead atoms. The molecule has 6 rings (SSSR count). The Hall–Kier alpha value is -4.39. The van der Waals surface area contributed by atoms with E-state index in [9.17, 15) is 14.4 Å². The van der Waals surface area contributed by atoms with Gasteiger partial charge in [0.25, 0.3) is 5.91 Å². The third-order valence-electron chi connectivity index (χ3n) is 8.07. The molecule has 3 aromatic carbocycles. The number of amides is 3. The molecule has 2 aliphatic rings. The first kappa shape index (κ1) is 24.9. The molecule has 198 valence electrons. The Morgan fingerprint density at radius 1 is 0.974 bits per heavy atom. The predicted octanol–water partition coefficient (Wildman–Crippen LogP) is 4.28. The average molecular weight is 521 g/mol. The maximum Gasteiger partial charge on any atom is 0.255 e. The third kappa shape index (κ3) is 4.38. The first-order valence-corrected chi connectivity index (χ1v) is 13.6. The Labute approximate surface area is 227 Å². The molecule has 3 N–H and O–H groups in total. The standard InChI is InChI=1S/C32H32N4O3/c1-3-19(2)33-30(37)26(17-20-11-5-4-6-12-20)35-31(38)27-18-24-21-13-9-10-16-25(21)34-28(24)29-22-14-7-8-15-23(22)32(39)36(27)29/h4-16,19,26-27,29,34H,3,17-18H2,1-2H3,(H,33,37)(H,35,38). The lowest BCUT2D eigenvalue weighted by atomic mass is 9.89. The fourth-order valence-corrected chi connectivity index (χ4v) is 5.91. The van der Waals surface area contributed by atoms with Gasteiger partial charge in [0.2, 0.25) is 11.8 Å². The van der Waals surface area contributed by atoms with Gasteiger partial charge in [-0.2, -0.15) is 0 Å². The molecule has 0 fully saturated rings. The van der Waals surface area contributed by atoms with Crippen molar-refractivity contribution in [2.24, 2.45) is 0 Å². The first-order chi connectivity index (χ1) is 19.0. The molecule has 0 spiro atoms. The van der Waals surface area contributed by atoms with E-state index >= 15 is 0 Å². The van der Waals surface area contributed by atoms with Crippen molar-refractivity contribution in [2.45, 2.75) is 57.3 Å². The van der Waals surface area contributed by atoms with Gasteiger partial charge in [0.1, 0.15) is 12.1 Å². The molecule has 4 aromatic rings. The molecule has 39 heavy (non-hydrogen) atoms. The maximum absolute atomic E-state index is 14.1. The number of benzene rings is 3. The van der Waals surface area contributed by atoms with Crippen LogP contribution in [0.5, 0.6) is 0 Å². The lowest BCUT2D eigenvalue weighted by molar-refractivity contribution is -0.132. The Kier molecular flexibility index (Phi) is 6.43. The number of carbonyl (C=O) groups is 3. The molecule has 0 radical (unpaired) electrons. The van der Waals surface area contributed by atoms with Gasteiger partial charge in [-0.3, -0.25) is 14.4 Å². The molecule has 3 amide bonds. The van der Waals surface area contributed by atoms with Crippen LogP contribution in [0.1, 0.15) is 59.1 Å². The molecule has 0 aliphatic carbocycles. The Balaban J connectivity index is 1.37. The van der Waals surface area contributed by atoms with Gasteiger partial charge in [0.15, 0.2) is 0 Å². The highest BCUT2D eigenvalue weighted by molar-refractivity contribution is 6.04. The summed E-state index contributed by atoms with van der Waals surface area (Å²) >= 11 is 0. The normalized spacial score (nSPS) is 19.1. The molecule has 3 heterocycles. The zero-order valence-electron chi connectivity index (χ0n) is 22.1. The van der Waals surface area contributed by atoms with Gasteiger partial charge in [-0.1, -0.05) is 73.7 Å². The van der Waals surface area contributed by atoms with E-state index in [1.54, 1.807) is 4.90 Å². The maximum atomic E-state index is 14.1. The number of nitrogens with one attached hydrogen (secondary N) is 3. The summed E-state index contributed by atoms with van der Waals surface area (Å²) in [6, 6.07) is 23.3. The second-order valence-electron chi connectivity index (χ2n) is 10.6. The molecule has 4 unspecified atom stereocenters. The highest BCUT2D eigenvalue weighted by Crippen LogP contribution is 2.46.